The minimum atomic E-state index is -0.124. The summed E-state index contributed by atoms with van der Waals surface area (Å²) in [7, 11) is 0. The number of aryl methyl sites for hydroxylation is 1. The van der Waals surface area contributed by atoms with Crippen LogP contribution < -0.4 is 19.5 Å². The molecule has 1 aliphatic heterocycles. The average molecular weight is 407 g/mol. The molecule has 0 unspecified atom stereocenters. The molecule has 2 heterocycles. The van der Waals surface area contributed by atoms with Crippen LogP contribution in [0.1, 0.15) is 21.5 Å². The molecule has 3 aromatic rings. The highest BCUT2D eigenvalue weighted by molar-refractivity contribution is 8.00. The highest BCUT2D eigenvalue weighted by atomic mass is 32.2. The van der Waals surface area contributed by atoms with E-state index in [2.05, 4.69) is 15.0 Å². The predicted octanol–water partition coefficient (Wildman–Crippen LogP) is 4.21. The Kier molecular flexibility index (Phi) is 5.86. The van der Waals surface area contributed by atoms with Gasteiger partial charge in [-0.2, -0.15) is 0 Å². The molecule has 29 heavy (non-hydrogen) atoms. The fraction of sp³-hybridized carbons (Fsp3) is 0.182. The Labute approximate surface area is 173 Å². The molecule has 0 saturated carbocycles. The molecule has 0 atom stereocenters. The lowest BCUT2D eigenvalue weighted by Crippen LogP contribution is -2.22. The summed E-state index contributed by atoms with van der Waals surface area (Å²) >= 11 is 1.47. The maximum atomic E-state index is 12.5. The van der Waals surface area contributed by atoms with E-state index in [1.807, 2.05) is 55.5 Å². The Balaban J connectivity index is 1.41. The fourth-order valence-corrected chi connectivity index (χ4v) is 3.61. The van der Waals surface area contributed by atoms with Crippen LogP contribution in [0.2, 0.25) is 0 Å². The summed E-state index contributed by atoms with van der Waals surface area (Å²) in [4.78, 5) is 17.6. The van der Waals surface area contributed by atoms with Crippen LogP contribution in [0.4, 0.5) is 5.69 Å². The van der Waals surface area contributed by atoms with Crippen LogP contribution in [0.3, 0.4) is 0 Å². The van der Waals surface area contributed by atoms with Gasteiger partial charge in [0, 0.05) is 35.1 Å². The first-order valence-electron chi connectivity index (χ1n) is 9.29. The number of rotatable bonds is 6. The van der Waals surface area contributed by atoms with E-state index in [9.17, 15) is 4.79 Å². The molecule has 0 saturated heterocycles. The van der Waals surface area contributed by atoms with Crippen molar-refractivity contribution >= 4 is 23.5 Å². The number of ether oxygens (including phenoxy) is 2. The van der Waals surface area contributed by atoms with Gasteiger partial charge in [-0.1, -0.05) is 12.1 Å². The van der Waals surface area contributed by atoms with Crippen molar-refractivity contribution in [3.8, 4) is 11.5 Å². The summed E-state index contributed by atoms with van der Waals surface area (Å²) < 4.78 is 14.5. The molecular weight excluding hydrogens is 386 g/mol. The number of nitrogens with zero attached hydrogens (tertiary/aromatic N) is 1. The van der Waals surface area contributed by atoms with Gasteiger partial charge < -0.3 is 19.5 Å². The van der Waals surface area contributed by atoms with Crippen molar-refractivity contribution in [1.82, 2.24) is 10.3 Å². The van der Waals surface area contributed by atoms with Gasteiger partial charge in [0.25, 0.3) is 5.91 Å². The Morgan fingerprint density at radius 3 is 2.79 bits per heavy atom. The Morgan fingerprint density at radius 2 is 1.97 bits per heavy atom. The van der Waals surface area contributed by atoms with Crippen molar-refractivity contribution < 1.29 is 14.3 Å². The minimum Gasteiger partial charge on any atom is -0.486 e. The summed E-state index contributed by atoms with van der Waals surface area (Å²) in [6.45, 7) is 3.58. The van der Waals surface area contributed by atoms with E-state index < -0.39 is 0 Å². The van der Waals surface area contributed by atoms with E-state index in [1.165, 1.54) is 11.9 Å². The first-order valence-corrected chi connectivity index (χ1v) is 10.1. The molecule has 7 heteroatoms. The van der Waals surface area contributed by atoms with Gasteiger partial charge in [0.1, 0.15) is 13.2 Å². The molecule has 0 bridgehead atoms. The third kappa shape index (κ3) is 4.81. The SMILES string of the molecule is Cc1ccc(C(=O)NCc2cccnc2)cc1NSc1ccc2c(c1)OCCO2. The average Bonchev–Trinajstić information content (AvgIpc) is 2.77. The van der Waals surface area contributed by atoms with Crippen molar-refractivity contribution in [2.45, 2.75) is 18.4 Å². The van der Waals surface area contributed by atoms with Crippen LogP contribution in [0.5, 0.6) is 11.5 Å². The summed E-state index contributed by atoms with van der Waals surface area (Å²) in [6, 6.07) is 15.2. The van der Waals surface area contributed by atoms with Crippen molar-refractivity contribution in [1.29, 1.82) is 0 Å². The highest BCUT2D eigenvalue weighted by Crippen LogP contribution is 2.34. The molecule has 1 amide bonds. The zero-order valence-corrected chi connectivity index (χ0v) is 16.8. The van der Waals surface area contributed by atoms with Gasteiger partial charge in [-0.05, 0) is 66.4 Å². The van der Waals surface area contributed by atoms with Crippen LogP contribution in [0.25, 0.3) is 0 Å². The standard InChI is InChI=1S/C22H21N3O3S/c1-15-4-5-17(22(26)24-14-16-3-2-8-23-13-16)11-19(15)25-29-18-6-7-20-21(12-18)28-10-9-27-20/h2-8,11-13,25H,9-10,14H2,1H3,(H,24,26). The number of fused-ring (bicyclic) bond motifs is 1. The van der Waals surface area contributed by atoms with Crippen molar-refractivity contribution in [3.63, 3.8) is 0 Å². The zero-order valence-electron chi connectivity index (χ0n) is 16.0. The van der Waals surface area contributed by atoms with Crippen LogP contribution in [0, 0.1) is 6.92 Å². The molecule has 148 valence electrons. The lowest BCUT2D eigenvalue weighted by Gasteiger charge is -2.19. The number of pyridine rings is 1. The minimum absolute atomic E-state index is 0.124. The summed E-state index contributed by atoms with van der Waals surface area (Å²) in [5.74, 6) is 1.40. The van der Waals surface area contributed by atoms with Crippen LogP contribution in [-0.2, 0) is 6.54 Å². The third-order valence-electron chi connectivity index (χ3n) is 4.47. The van der Waals surface area contributed by atoms with Gasteiger partial charge in [0.05, 0.1) is 0 Å². The van der Waals surface area contributed by atoms with Crippen LogP contribution >= 0.6 is 11.9 Å². The second kappa shape index (κ2) is 8.87. The summed E-state index contributed by atoms with van der Waals surface area (Å²) in [5, 5.41) is 2.93. The maximum absolute atomic E-state index is 12.5. The predicted molar refractivity (Wildman–Crippen MR) is 113 cm³/mol. The lowest BCUT2D eigenvalue weighted by molar-refractivity contribution is 0.0951. The molecule has 0 radical (unpaired) electrons. The third-order valence-corrected chi connectivity index (χ3v) is 5.28. The number of hydrogen-bond acceptors (Lipinski definition) is 6. The first kappa shape index (κ1) is 19.1. The molecule has 0 aliphatic carbocycles. The van der Waals surface area contributed by atoms with Crippen LogP contribution in [-0.4, -0.2) is 24.1 Å². The van der Waals surface area contributed by atoms with Gasteiger partial charge in [0.2, 0.25) is 0 Å². The lowest BCUT2D eigenvalue weighted by atomic mass is 10.1. The van der Waals surface area contributed by atoms with Gasteiger partial charge in [0.15, 0.2) is 11.5 Å². The number of anilines is 1. The van der Waals surface area contributed by atoms with E-state index in [0.29, 0.717) is 25.3 Å². The largest absolute Gasteiger partial charge is 0.486 e. The number of amides is 1. The van der Waals surface area contributed by atoms with Crippen LogP contribution in [0.15, 0.2) is 65.8 Å². The van der Waals surface area contributed by atoms with Gasteiger partial charge >= 0.3 is 0 Å². The van der Waals surface area contributed by atoms with Crippen molar-refractivity contribution in [2.24, 2.45) is 0 Å². The molecule has 6 nitrogen and oxygen atoms in total. The molecule has 0 spiro atoms. The van der Waals surface area contributed by atoms with Gasteiger partial charge in [-0.3, -0.25) is 9.78 Å². The first-order chi connectivity index (χ1) is 14.2. The Morgan fingerprint density at radius 1 is 1.10 bits per heavy atom. The number of nitrogens with one attached hydrogen (secondary N) is 2. The van der Waals surface area contributed by atoms with E-state index in [-0.39, 0.29) is 5.91 Å². The number of carbonyl (C=O) groups is 1. The van der Waals surface area contributed by atoms with Crippen molar-refractivity contribution in [2.75, 3.05) is 17.9 Å². The molecule has 1 aromatic heterocycles. The number of carbonyl (C=O) groups excluding carboxylic acids is 1. The van der Waals surface area contributed by atoms with Gasteiger partial charge in [-0.15, -0.1) is 0 Å². The second-order valence-corrected chi connectivity index (χ2v) is 7.46. The normalized spacial score (nSPS) is 12.3. The smallest absolute Gasteiger partial charge is 0.251 e. The molecule has 0 fully saturated rings. The maximum Gasteiger partial charge on any atom is 0.251 e. The van der Waals surface area contributed by atoms with Gasteiger partial charge in [-0.25, -0.2) is 0 Å². The van der Waals surface area contributed by atoms with Crippen molar-refractivity contribution in [3.05, 3.63) is 77.6 Å². The summed E-state index contributed by atoms with van der Waals surface area (Å²) in [5.41, 5.74) is 3.50. The van der Waals surface area contributed by atoms with E-state index in [0.717, 1.165) is 33.2 Å². The number of hydrogen-bond donors (Lipinski definition) is 2. The molecule has 2 N–H and O–H groups in total. The Bertz CT molecular complexity index is 1010. The second-order valence-electron chi connectivity index (χ2n) is 6.58. The Hall–Kier alpha value is -3.19. The quantitative estimate of drug-likeness (QED) is 0.597. The molecule has 2 aromatic carbocycles. The summed E-state index contributed by atoms with van der Waals surface area (Å²) in [6.07, 6.45) is 3.45. The fourth-order valence-electron chi connectivity index (χ4n) is 2.86. The topological polar surface area (TPSA) is 72.5 Å². The molecule has 4 rings (SSSR count). The molecular formula is C22H21N3O3S. The zero-order chi connectivity index (χ0) is 20.1. The van der Waals surface area contributed by atoms with E-state index >= 15 is 0 Å². The monoisotopic (exact) mass is 407 g/mol. The highest BCUT2D eigenvalue weighted by Gasteiger charge is 2.13. The van der Waals surface area contributed by atoms with E-state index in [4.69, 9.17) is 9.47 Å². The number of benzene rings is 2. The number of aromatic nitrogens is 1. The van der Waals surface area contributed by atoms with E-state index in [1.54, 1.807) is 12.4 Å². The molecule has 1 aliphatic rings.